The van der Waals surface area contributed by atoms with Gasteiger partial charge < -0.3 is 29.3 Å². The third-order valence-electron chi connectivity index (χ3n) is 15.0. The van der Waals surface area contributed by atoms with Crippen molar-refractivity contribution in [1.29, 1.82) is 0 Å². The van der Waals surface area contributed by atoms with Crippen LogP contribution in [0.4, 0.5) is 4.39 Å². The van der Waals surface area contributed by atoms with Crippen LogP contribution in [0.5, 0.6) is 0 Å². The van der Waals surface area contributed by atoms with Crippen LogP contribution in [0.15, 0.2) is 52.5 Å². The summed E-state index contributed by atoms with van der Waals surface area (Å²) in [5, 5.41) is 33.1. The highest BCUT2D eigenvalue weighted by molar-refractivity contribution is 7.90. The standard InChI is InChI=1S/C50H76FN5O10S/c1-13-42-50(10,61)40-19-14-29(2)20-22-49(9,26-30(3)43(32(40)5)52-35(8)57)46(33(6)44(58)34(7)47(60)65-42)66-48-45(59)41(24-31(4)64-48)55(11)23-21-37-28-56(54-53-37)38(27-51)25-36-15-17-39(18-16-36)67(12,62)63/h15-18,28,30-34,38,40-42,45-46,48,59,61H,2,13-14,19-27H2,1,3-12H3/b52-43+/t30-,31-,32-,33+,34-,38+,40-,41+,42-,45-,46-,48+,49-,50+/m1/s1. The number of esters is 1. The summed E-state index contributed by atoms with van der Waals surface area (Å²) in [7, 11) is -1.47. The molecular formula is C50H76FN5O10S. The number of amides is 1. The monoisotopic (exact) mass is 958 g/mol. The molecule has 3 heterocycles. The number of aliphatic hydroxyl groups excluding tert-OH is 1. The topological polar surface area (TPSA) is 200 Å². The van der Waals surface area contributed by atoms with Crippen molar-refractivity contribution in [2.45, 2.75) is 173 Å². The average molecular weight is 958 g/mol. The minimum Gasteiger partial charge on any atom is -0.459 e. The number of aliphatic imine (C=N–C) groups is 1. The summed E-state index contributed by atoms with van der Waals surface area (Å²) in [4.78, 5) is 48.2. The Balaban J connectivity index is 1.43. The third kappa shape index (κ3) is 12.9. The van der Waals surface area contributed by atoms with Crippen LogP contribution < -0.4 is 0 Å². The molecule has 2 aromatic rings. The number of Topliss-reactive ketones (excluding diaryl/α,β-unsaturated/α-hetero) is 1. The first kappa shape index (κ1) is 54.2. The zero-order chi connectivity index (χ0) is 49.8. The third-order valence-corrected chi connectivity index (χ3v) is 16.1. The summed E-state index contributed by atoms with van der Waals surface area (Å²) in [6.07, 6.45) is 2.37. The fraction of sp³-hybridized carbons (Fsp3) is 0.720. The number of ketones is 1. The van der Waals surface area contributed by atoms with Crippen molar-refractivity contribution < 1.29 is 51.6 Å². The highest BCUT2D eigenvalue weighted by atomic mass is 32.2. The maximum Gasteiger partial charge on any atom is 0.316 e. The van der Waals surface area contributed by atoms with Gasteiger partial charge in [-0.1, -0.05) is 64.1 Å². The largest absolute Gasteiger partial charge is 0.459 e. The first-order valence-electron chi connectivity index (χ1n) is 24.0. The summed E-state index contributed by atoms with van der Waals surface area (Å²) in [5.74, 6) is -4.81. The molecule has 67 heavy (non-hydrogen) atoms. The van der Waals surface area contributed by atoms with Gasteiger partial charge in [0.05, 0.1) is 28.8 Å². The molecule has 15 nitrogen and oxygen atoms in total. The molecule has 2 bridgehead atoms. The number of sulfone groups is 1. The number of fused-ring (bicyclic) bond motifs is 5. The number of ether oxygens (including phenoxy) is 3. The molecule has 3 fully saturated rings. The van der Waals surface area contributed by atoms with Crippen molar-refractivity contribution >= 4 is 33.2 Å². The van der Waals surface area contributed by atoms with Crippen molar-refractivity contribution in [2.75, 3.05) is 26.5 Å². The number of hydrogen-bond donors (Lipinski definition) is 2. The maximum absolute atomic E-state index is 14.6. The van der Waals surface area contributed by atoms with Crippen LogP contribution >= 0.6 is 0 Å². The van der Waals surface area contributed by atoms with E-state index in [0.717, 1.165) is 17.4 Å². The molecule has 2 N–H and O–H groups in total. The maximum atomic E-state index is 14.6. The van der Waals surface area contributed by atoms with E-state index < -0.39 is 99.6 Å². The Labute approximate surface area is 397 Å². The number of allylic oxidation sites excluding steroid dienone is 1. The molecule has 1 aromatic heterocycles. The lowest BCUT2D eigenvalue weighted by atomic mass is 9.65. The minimum atomic E-state index is -3.36. The van der Waals surface area contributed by atoms with E-state index in [0.29, 0.717) is 62.9 Å². The number of nitrogens with zero attached hydrogens (tertiary/aromatic N) is 5. The second-order valence-electron chi connectivity index (χ2n) is 20.5. The van der Waals surface area contributed by atoms with E-state index in [1.165, 1.54) is 30.7 Å². The fourth-order valence-electron chi connectivity index (χ4n) is 11.0. The van der Waals surface area contributed by atoms with Gasteiger partial charge in [-0.15, -0.1) is 5.10 Å². The Morgan fingerprint density at radius 2 is 1.79 bits per heavy atom. The molecule has 2 aliphatic heterocycles. The van der Waals surface area contributed by atoms with Gasteiger partial charge in [0.1, 0.15) is 30.4 Å². The molecule has 17 heteroatoms. The molecule has 0 radical (unpaired) electrons. The molecule has 1 saturated carbocycles. The van der Waals surface area contributed by atoms with E-state index in [1.54, 1.807) is 32.2 Å². The number of benzene rings is 1. The number of hydrogen-bond acceptors (Lipinski definition) is 13. The molecule has 3 aliphatic rings. The Bertz CT molecular complexity index is 2200. The van der Waals surface area contributed by atoms with Gasteiger partial charge in [0.25, 0.3) is 0 Å². The second-order valence-corrected chi connectivity index (χ2v) is 22.5. The van der Waals surface area contributed by atoms with Crippen LogP contribution in [0.25, 0.3) is 0 Å². The number of cyclic esters (lactones) is 1. The number of likely N-dealkylation sites (N-methyl/N-ethyl adjacent to an activating group) is 1. The molecular weight excluding hydrogens is 882 g/mol. The first-order valence-corrected chi connectivity index (χ1v) is 25.9. The van der Waals surface area contributed by atoms with Crippen LogP contribution in [-0.2, 0) is 51.3 Å². The normalized spacial score (nSPS) is 35.1. The van der Waals surface area contributed by atoms with Crippen molar-refractivity contribution in [3.05, 3.63) is 53.9 Å². The van der Waals surface area contributed by atoms with E-state index in [4.69, 9.17) is 14.2 Å². The Hall–Kier alpha value is -3.74. The van der Waals surface area contributed by atoms with Gasteiger partial charge in [-0.3, -0.25) is 14.4 Å². The molecule has 1 aromatic carbocycles. The van der Waals surface area contributed by atoms with E-state index in [2.05, 4.69) is 21.9 Å². The van der Waals surface area contributed by atoms with Crippen molar-refractivity contribution in [3.63, 3.8) is 0 Å². The van der Waals surface area contributed by atoms with Gasteiger partial charge in [0.15, 0.2) is 21.9 Å². The lowest BCUT2D eigenvalue weighted by Crippen LogP contribution is -2.58. The Kier molecular flexibility index (Phi) is 18.1. The molecule has 1 aliphatic carbocycles. The lowest BCUT2D eigenvalue weighted by Gasteiger charge is -2.48. The number of aliphatic hydroxyl groups is 2. The van der Waals surface area contributed by atoms with Gasteiger partial charge in [0, 0.05) is 55.9 Å². The van der Waals surface area contributed by atoms with Crippen LogP contribution in [0, 0.1) is 35.0 Å². The van der Waals surface area contributed by atoms with Gasteiger partial charge >= 0.3 is 5.97 Å². The highest BCUT2D eigenvalue weighted by Crippen LogP contribution is 2.47. The molecule has 0 spiro atoms. The van der Waals surface area contributed by atoms with E-state index >= 15 is 0 Å². The molecule has 5 rings (SSSR count). The predicted octanol–water partition coefficient (Wildman–Crippen LogP) is 6.49. The zero-order valence-electron chi connectivity index (χ0n) is 41.5. The van der Waals surface area contributed by atoms with Gasteiger partial charge in [0.2, 0.25) is 5.91 Å². The van der Waals surface area contributed by atoms with Gasteiger partial charge in [-0.2, -0.15) is 0 Å². The summed E-state index contributed by atoms with van der Waals surface area (Å²) in [6, 6.07) is 5.27. The summed E-state index contributed by atoms with van der Waals surface area (Å²) < 4.78 is 59.1. The van der Waals surface area contributed by atoms with Crippen molar-refractivity contribution in [3.8, 4) is 0 Å². The molecule has 0 unspecified atom stereocenters. The van der Waals surface area contributed by atoms with E-state index in [1.807, 2.05) is 46.6 Å². The fourth-order valence-corrected chi connectivity index (χ4v) is 11.6. The number of halogens is 1. The average Bonchev–Trinajstić information content (AvgIpc) is 3.74. The number of carbonyl (C=O) groups excluding carboxylic acids is 3. The predicted molar refractivity (Wildman–Crippen MR) is 253 cm³/mol. The van der Waals surface area contributed by atoms with Crippen molar-refractivity contribution in [1.82, 2.24) is 19.9 Å². The van der Waals surface area contributed by atoms with Crippen molar-refractivity contribution in [2.24, 2.45) is 40.0 Å². The smallest absolute Gasteiger partial charge is 0.316 e. The molecule has 374 valence electrons. The minimum absolute atomic E-state index is 0.188. The van der Waals surface area contributed by atoms with E-state index in [9.17, 15) is 37.4 Å². The molecule has 1 amide bonds. The first-order chi connectivity index (χ1) is 31.3. The molecule has 2 saturated heterocycles. The summed E-state index contributed by atoms with van der Waals surface area (Å²) in [5.41, 5.74) is 0.604. The van der Waals surface area contributed by atoms with Gasteiger partial charge in [-0.05, 0) is 114 Å². The Morgan fingerprint density at radius 1 is 1.12 bits per heavy atom. The number of alkyl halides is 1. The van der Waals surface area contributed by atoms with Gasteiger partial charge in [-0.25, -0.2) is 22.5 Å². The summed E-state index contributed by atoms with van der Waals surface area (Å²) in [6.45, 7) is 20.3. The number of carbonyl (C=O) groups is 3. The van der Waals surface area contributed by atoms with Crippen LogP contribution in [0.1, 0.15) is 125 Å². The summed E-state index contributed by atoms with van der Waals surface area (Å²) >= 11 is 0. The van der Waals surface area contributed by atoms with E-state index in [-0.39, 0.29) is 35.7 Å². The second kappa shape index (κ2) is 22.3. The quantitative estimate of drug-likeness (QED) is 0.133. The zero-order valence-corrected chi connectivity index (χ0v) is 42.3. The van der Waals surface area contributed by atoms with Crippen LogP contribution in [0.2, 0.25) is 0 Å². The Morgan fingerprint density at radius 3 is 2.40 bits per heavy atom. The van der Waals surface area contributed by atoms with Crippen LogP contribution in [0.3, 0.4) is 0 Å². The van der Waals surface area contributed by atoms with Crippen LogP contribution in [-0.4, -0.2) is 131 Å². The SMILES string of the molecule is C=C1CC[C@@H]2[C@@H](C)/C(=N/C(C)=O)[C@H](C)C[C@@](C)(CC1)[C@H](O[C@@H]1O[C@H](C)C[C@H](N(C)CCc3cn([C@H](CF)Cc4ccc(S(C)(=O)=O)cc4)nn3)[C@H]1O)[C@@H](C)C(=O)[C@@H](C)C(=O)O[C@H](CC)[C@@]2(C)O. The highest BCUT2D eigenvalue weighted by Gasteiger charge is 2.52. The molecule has 14 atom stereocenters. The number of aromatic nitrogens is 3. The lowest BCUT2D eigenvalue weighted by molar-refractivity contribution is -0.287. The number of rotatable bonds is 12.